The fourth-order valence-corrected chi connectivity index (χ4v) is 9.49. The molecule has 178 valence electrons. The molecule has 0 bridgehead atoms. The van der Waals surface area contributed by atoms with Crippen molar-refractivity contribution in [3.8, 4) is 40.4 Å². The lowest BCUT2D eigenvalue weighted by molar-refractivity contribution is 1.70. The fourth-order valence-electron chi connectivity index (χ4n) is 4.90. The average molecular weight is 565 g/mol. The molecule has 1 aliphatic rings. The van der Waals surface area contributed by atoms with E-state index in [4.69, 9.17) is 0 Å². The van der Waals surface area contributed by atoms with Gasteiger partial charge in [0.25, 0.3) is 5.99 Å². The van der Waals surface area contributed by atoms with Crippen LogP contribution in [0.15, 0.2) is 95.7 Å². The van der Waals surface area contributed by atoms with Crippen LogP contribution in [-0.2, 0) is 0 Å². The summed E-state index contributed by atoms with van der Waals surface area (Å²) in [7, 11) is 0. The maximum Gasteiger partial charge on any atom is 0.275 e. The minimum atomic E-state index is 0.286. The minimum Gasteiger partial charge on any atom is -0.200 e. The Kier molecular flexibility index (Phi) is 6.31. The summed E-state index contributed by atoms with van der Waals surface area (Å²) in [5.41, 5.74) is 8.02. The van der Waals surface area contributed by atoms with Gasteiger partial charge in [0.2, 0.25) is 0 Å². The highest BCUT2D eigenvalue weighted by Gasteiger charge is 2.26. The van der Waals surface area contributed by atoms with Crippen molar-refractivity contribution in [2.75, 3.05) is 6.26 Å². The maximum atomic E-state index is 2.42. The van der Waals surface area contributed by atoms with Crippen LogP contribution in [0.3, 0.4) is 0 Å². The first kappa shape index (κ1) is 23.5. The zero-order valence-corrected chi connectivity index (χ0v) is 24.1. The van der Waals surface area contributed by atoms with Gasteiger partial charge in [-0.15, -0.1) is 45.3 Å². The van der Waals surface area contributed by atoms with Gasteiger partial charge in [-0.25, -0.2) is 11.6 Å². The van der Waals surface area contributed by atoms with E-state index in [-0.39, 0.29) is 5.99 Å². The van der Waals surface area contributed by atoms with E-state index in [9.17, 15) is 0 Å². The molecule has 0 fully saturated rings. The molecule has 1 aliphatic heterocycles. The van der Waals surface area contributed by atoms with Crippen molar-refractivity contribution < 1.29 is 0 Å². The molecular formula is C31H21BS5. The summed E-state index contributed by atoms with van der Waals surface area (Å²) in [6, 6.07) is 31.7. The van der Waals surface area contributed by atoms with Crippen molar-refractivity contribution in [2.45, 2.75) is 0 Å². The molecule has 37 heavy (non-hydrogen) atoms. The predicted octanol–water partition coefficient (Wildman–Crippen LogP) is 9.55. The van der Waals surface area contributed by atoms with E-state index < -0.39 is 0 Å². The Labute approximate surface area is 238 Å². The number of hydrogen-bond donors (Lipinski definition) is 0. The molecule has 5 heterocycles. The van der Waals surface area contributed by atoms with Crippen molar-refractivity contribution in [2.24, 2.45) is 0 Å². The topological polar surface area (TPSA) is 0 Å². The van der Waals surface area contributed by atoms with Crippen LogP contribution in [-0.4, -0.2) is 12.2 Å². The van der Waals surface area contributed by atoms with Crippen LogP contribution in [0.5, 0.6) is 0 Å². The second kappa shape index (κ2) is 9.93. The number of thiophene rings is 4. The molecule has 0 saturated carbocycles. The van der Waals surface area contributed by atoms with E-state index >= 15 is 0 Å². The van der Waals surface area contributed by atoms with Crippen LogP contribution < -0.4 is 10.9 Å². The van der Waals surface area contributed by atoms with E-state index in [1.54, 1.807) is 22.7 Å². The number of rotatable bonds is 5. The van der Waals surface area contributed by atoms with Gasteiger partial charge in [-0.05, 0) is 75.7 Å². The van der Waals surface area contributed by atoms with Crippen LogP contribution in [0.4, 0.5) is 0 Å². The molecule has 0 radical (unpaired) electrons. The van der Waals surface area contributed by atoms with Gasteiger partial charge >= 0.3 is 0 Å². The number of hydrogen-bond acceptors (Lipinski definition) is 5. The van der Waals surface area contributed by atoms with Crippen LogP contribution in [0.25, 0.3) is 52.5 Å². The Bertz CT molecular complexity index is 1590. The minimum absolute atomic E-state index is 0.286. The van der Waals surface area contributed by atoms with E-state index in [2.05, 4.69) is 114 Å². The van der Waals surface area contributed by atoms with Crippen molar-refractivity contribution in [1.82, 2.24) is 0 Å². The first-order valence-electron chi connectivity index (χ1n) is 12.0. The third-order valence-corrected chi connectivity index (χ3v) is 12.1. The highest BCUT2D eigenvalue weighted by atomic mass is 32.2. The Morgan fingerprint density at radius 3 is 1.46 bits per heavy atom. The second-order valence-electron chi connectivity index (χ2n) is 8.92. The van der Waals surface area contributed by atoms with Gasteiger partial charge in [0, 0.05) is 29.3 Å². The summed E-state index contributed by atoms with van der Waals surface area (Å²) >= 11 is 9.31. The predicted molar refractivity (Wildman–Crippen MR) is 174 cm³/mol. The van der Waals surface area contributed by atoms with Crippen molar-refractivity contribution >= 4 is 86.0 Å². The van der Waals surface area contributed by atoms with Gasteiger partial charge in [0.1, 0.15) is 0 Å². The molecule has 2 aromatic carbocycles. The van der Waals surface area contributed by atoms with E-state index in [1.807, 2.05) is 34.3 Å². The standard InChI is InChI=1S/C31H21BS5/c1-33-32-24-18-22(26-12-14-30(36-26)28-4-2-16-34-28)10-8-20(24)6-7-21-9-11-23(19-25(21)32)27-13-15-31(37-27)29-5-3-17-35-29/h2-19H,1H3. The van der Waals surface area contributed by atoms with Gasteiger partial charge in [-0.1, -0.05) is 71.6 Å². The largest absolute Gasteiger partial charge is 0.275 e. The molecule has 0 unspecified atom stereocenters. The number of fused-ring (bicyclic) bond motifs is 2. The molecule has 7 rings (SSSR count). The SMILES string of the molecule is CSB1c2cc(-c3ccc(-c4cccs4)s3)ccc2C=Cc2ccc(-c3ccc(-c4cccs4)s3)cc21. The van der Waals surface area contributed by atoms with Crippen LogP contribution >= 0.6 is 57.0 Å². The Balaban J connectivity index is 1.27. The fraction of sp³-hybridized carbons (Fsp3) is 0.0323. The number of benzene rings is 2. The quantitative estimate of drug-likeness (QED) is 0.188. The van der Waals surface area contributed by atoms with Crippen LogP contribution in [0.1, 0.15) is 11.1 Å². The van der Waals surface area contributed by atoms with Crippen LogP contribution in [0, 0.1) is 0 Å². The summed E-state index contributed by atoms with van der Waals surface area (Å²) in [5, 5.41) is 4.30. The zero-order valence-electron chi connectivity index (χ0n) is 20.0. The third-order valence-electron chi connectivity index (χ3n) is 6.73. The Hall–Kier alpha value is -2.61. The molecule has 6 heteroatoms. The van der Waals surface area contributed by atoms with Crippen molar-refractivity contribution in [3.05, 3.63) is 107 Å². The highest BCUT2D eigenvalue weighted by Crippen LogP contribution is 2.38. The monoisotopic (exact) mass is 564 g/mol. The van der Waals surface area contributed by atoms with Crippen LogP contribution in [0.2, 0.25) is 0 Å². The molecule has 0 spiro atoms. The van der Waals surface area contributed by atoms with E-state index in [0.29, 0.717) is 0 Å². The third kappa shape index (κ3) is 4.41. The Morgan fingerprint density at radius 2 is 1.03 bits per heavy atom. The summed E-state index contributed by atoms with van der Waals surface area (Å²) in [6.45, 7) is 0. The smallest absolute Gasteiger partial charge is 0.200 e. The lowest BCUT2D eigenvalue weighted by Crippen LogP contribution is -2.41. The van der Waals surface area contributed by atoms with Gasteiger partial charge in [0.15, 0.2) is 0 Å². The van der Waals surface area contributed by atoms with Crippen molar-refractivity contribution in [1.29, 1.82) is 0 Å². The summed E-state index contributed by atoms with van der Waals surface area (Å²) in [4.78, 5) is 8.02. The first-order chi connectivity index (χ1) is 18.3. The molecule has 0 nitrogen and oxygen atoms in total. The van der Waals surface area contributed by atoms with Gasteiger partial charge < -0.3 is 0 Å². The van der Waals surface area contributed by atoms with Gasteiger partial charge in [-0.2, -0.15) is 0 Å². The molecule has 0 N–H and O–H groups in total. The summed E-state index contributed by atoms with van der Waals surface area (Å²) in [5.74, 6) is 0.286. The summed E-state index contributed by atoms with van der Waals surface area (Å²) in [6.07, 6.45) is 6.82. The molecule has 0 saturated heterocycles. The summed E-state index contributed by atoms with van der Waals surface area (Å²) < 4.78 is 0. The zero-order chi connectivity index (χ0) is 24.8. The van der Waals surface area contributed by atoms with Gasteiger partial charge in [0.05, 0.1) is 0 Å². The second-order valence-corrected chi connectivity index (χ2v) is 13.9. The lowest BCUT2D eigenvalue weighted by Gasteiger charge is -2.17. The Morgan fingerprint density at radius 1 is 0.541 bits per heavy atom. The van der Waals surface area contributed by atoms with Crippen molar-refractivity contribution in [3.63, 3.8) is 0 Å². The molecule has 4 aromatic heterocycles. The first-order valence-corrected chi connectivity index (χ1v) is 16.7. The molecule has 0 atom stereocenters. The molecular weight excluding hydrogens is 543 g/mol. The lowest BCUT2D eigenvalue weighted by atomic mass is 9.59. The average Bonchev–Trinajstić information content (AvgIpc) is 3.74. The molecule has 6 aromatic rings. The maximum absolute atomic E-state index is 2.42. The molecule has 0 aliphatic carbocycles. The molecule has 0 amide bonds. The van der Waals surface area contributed by atoms with E-state index in [0.717, 1.165) is 0 Å². The van der Waals surface area contributed by atoms with Gasteiger partial charge in [-0.3, -0.25) is 0 Å². The highest BCUT2D eigenvalue weighted by molar-refractivity contribution is 8.27. The normalized spacial score (nSPS) is 12.4. The van der Waals surface area contributed by atoms with E-state index in [1.165, 1.54) is 62.4 Å².